The second-order valence-electron chi connectivity index (χ2n) is 5.21. The summed E-state index contributed by atoms with van der Waals surface area (Å²) in [5.74, 6) is -1.24. The van der Waals surface area contributed by atoms with Gasteiger partial charge >= 0.3 is 5.88 Å². The highest BCUT2D eigenvalue weighted by Crippen LogP contribution is 2.37. The maximum atomic E-state index is 12.0. The molecule has 8 heteroatoms. The summed E-state index contributed by atoms with van der Waals surface area (Å²) in [5.41, 5.74) is 1.94. The van der Waals surface area contributed by atoms with Gasteiger partial charge in [0.1, 0.15) is 0 Å². The van der Waals surface area contributed by atoms with Crippen LogP contribution in [0.2, 0.25) is 0 Å². The van der Waals surface area contributed by atoms with E-state index in [1.165, 1.54) is 13.0 Å². The second kappa shape index (κ2) is 5.10. The molecule has 0 radical (unpaired) electrons. The maximum absolute atomic E-state index is 12.0. The maximum Gasteiger partial charge on any atom is 0.305 e. The summed E-state index contributed by atoms with van der Waals surface area (Å²) in [6, 6.07) is 2.85. The van der Waals surface area contributed by atoms with Gasteiger partial charge in [-0.05, 0) is 43.5 Å². The standard InChI is InChI=1S/C13H16N2O5S/c1-8-6-11-9(2)13(21(19,20)7-14(17)18)5-4-12(11)15(8)10(3)16/h4-5,8H,6-7H2,1-3H3. The molecule has 0 N–H and O–H groups in total. The Hall–Kier alpha value is -1.96. The number of amides is 1. The number of nitro groups is 1. The lowest BCUT2D eigenvalue weighted by molar-refractivity contribution is -0.458. The van der Waals surface area contributed by atoms with Crippen LogP contribution in [0.25, 0.3) is 0 Å². The number of fused-ring (bicyclic) bond motifs is 1. The first-order chi connectivity index (χ1) is 9.65. The van der Waals surface area contributed by atoms with Gasteiger partial charge in [0, 0.05) is 23.6 Å². The molecule has 114 valence electrons. The molecular weight excluding hydrogens is 296 g/mol. The van der Waals surface area contributed by atoms with Crippen LogP contribution >= 0.6 is 0 Å². The third-order valence-corrected chi connectivity index (χ3v) is 5.34. The third kappa shape index (κ3) is 2.63. The van der Waals surface area contributed by atoms with Crippen LogP contribution in [0, 0.1) is 17.0 Å². The fourth-order valence-electron chi connectivity index (χ4n) is 2.85. The number of sulfone groups is 1. The number of anilines is 1. The Labute approximate surface area is 122 Å². The van der Waals surface area contributed by atoms with Gasteiger partial charge in [0.25, 0.3) is 0 Å². The second-order valence-corrected chi connectivity index (χ2v) is 7.13. The van der Waals surface area contributed by atoms with Crippen molar-refractivity contribution < 1.29 is 18.1 Å². The molecule has 7 nitrogen and oxygen atoms in total. The molecule has 0 saturated carbocycles. The van der Waals surface area contributed by atoms with Crippen molar-refractivity contribution in [1.29, 1.82) is 0 Å². The average Bonchev–Trinajstić information content (AvgIpc) is 2.64. The van der Waals surface area contributed by atoms with Crippen LogP contribution in [0.3, 0.4) is 0 Å². The minimum absolute atomic E-state index is 0.0319. The highest BCUT2D eigenvalue weighted by Gasteiger charge is 2.33. The van der Waals surface area contributed by atoms with Gasteiger partial charge in [-0.25, -0.2) is 8.42 Å². The Morgan fingerprint density at radius 2 is 2.10 bits per heavy atom. The molecule has 1 heterocycles. The number of nitrogens with zero attached hydrogens (tertiary/aromatic N) is 2. The SMILES string of the molecule is CC(=O)N1c2ccc(S(=O)(=O)C[N+](=O)[O-])c(C)c2CC1C. The largest absolute Gasteiger partial charge is 0.309 e. The molecule has 1 aliphatic heterocycles. The number of benzene rings is 1. The molecule has 0 bridgehead atoms. The fraction of sp³-hybridized carbons (Fsp3) is 0.462. The molecule has 1 atom stereocenters. The molecule has 0 spiro atoms. The lowest BCUT2D eigenvalue weighted by Crippen LogP contribution is -2.33. The van der Waals surface area contributed by atoms with Gasteiger partial charge in [0.05, 0.1) is 4.90 Å². The average molecular weight is 312 g/mol. The van der Waals surface area contributed by atoms with E-state index in [1.807, 2.05) is 6.92 Å². The van der Waals surface area contributed by atoms with E-state index in [4.69, 9.17) is 0 Å². The molecular formula is C13H16N2O5S. The zero-order valence-electron chi connectivity index (χ0n) is 12.0. The van der Waals surface area contributed by atoms with E-state index in [9.17, 15) is 23.3 Å². The number of carbonyl (C=O) groups excluding carboxylic acids is 1. The Bertz CT molecular complexity index is 726. The van der Waals surface area contributed by atoms with Crippen LogP contribution in [0.4, 0.5) is 5.69 Å². The van der Waals surface area contributed by atoms with Crippen molar-refractivity contribution >= 4 is 21.4 Å². The molecule has 1 aromatic rings. The normalized spacial score (nSPS) is 17.7. The van der Waals surface area contributed by atoms with Crippen molar-refractivity contribution in [3.8, 4) is 0 Å². The topological polar surface area (TPSA) is 97.6 Å². The van der Waals surface area contributed by atoms with Gasteiger partial charge in [0.15, 0.2) is 0 Å². The van der Waals surface area contributed by atoms with Crippen molar-refractivity contribution in [1.82, 2.24) is 0 Å². The zero-order valence-corrected chi connectivity index (χ0v) is 12.8. The van der Waals surface area contributed by atoms with E-state index in [0.717, 1.165) is 5.56 Å². The van der Waals surface area contributed by atoms with E-state index < -0.39 is 20.6 Å². The van der Waals surface area contributed by atoms with E-state index in [-0.39, 0.29) is 16.8 Å². The smallest absolute Gasteiger partial charge is 0.305 e. The monoisotopic (exact) mass is 312 g/mol. The lowest BCUT2D eigenvalue weighted by atomic mass is 10.0. The molecule has 21 heavy (non-hydrogen) atoms. The third-order valence-electron chi connectivity index (χ3n) is 3.67. The van der Waals surface area contributed by atoms with Gasteiger partial charge in [-0.2, -0.15) is 0 Å². The summed E-state index contributed by atoms with van der Waals surface area (Å²) in [4.78, 5) is 22.9. The van der Waals surface area contributed by atoms with Crippen molar-refractivity contribution in [2.75, 3.05) is 10.8 Å². The summed E-state index contributed by atoms with van der Waals surface area (Å²) >= 11 is 0. The van der Waals surface area contributed by atoms with Crippen molar-refractivity contribution in [3.05, 3.63) is 33.4 Å². The summed E-state index contributed by atoms with van der Waals surface area (Å²) < 4.78 is 24.1. The number of carbonyl (C=O) groups is 1. The van der Waals surface area contributed by atoms with Gasteiger partial charge in [0.2, 0.25) is 15.7 Å². The summed E-state index contributed by atoms with van der Waals surface area (Å²) in [7, 11) is -3.97. The van der Waals surface area contributed by atoms with Crippen LogP contribution in [-0.4, -0.2) is 31.2 Å². The van der Waals surface area contributed by atoms with E-state index in [1.54, 1.807) is 17.9 Å². The Morgan fingerprint density at radius 1 is 1.48 bits per heavy atom. The molecule has 1 aromatic carbocycles. The van der Waals surface area contributed by atoms with Crippen LogP contribution in [0.1, 0.15) is 25.0 Å². The minimum Gasteiger partial charge on any atom is -0.309 e. The highest BCUT2D eigenvalue weighted by atomic mass is 32.2. The van der Waals surface area contributed by atoms with Crippen LogP contribution in [0.15, 0.2) is 17.0 Å². The molecule has 0 aromatic heterocycles. The van der Waals surface area contributed by atoms with Crippen LogP contribution in [0.5, 0.6) is 0 Å². The summed E-state index contributed by atoms with van der Waals surface area (Å²) in [6.45, 7) is 4.96. The molecule has 0 saturated heterocycles. The Morgan fingerprint density at radius 3 is 2.62 bits per heavy atom. The van der Waals surface area contributed by atoms with Crippen molar-refractivity contribution in [2.24, 2.45) is 0 Å². The fourth-order valence-corrected chi connectivity index (χ4v) is 4.14. The predicted octanol–water partition coefficient (Wildman–Crippen LogP) is 1.30. The van der Waals surface area contributed by atoms with Gasteiger partial charge in [-0.3, -0.25) is 14.9 Å². The Balaban J connectivity index is 2.56. The quantitative estimate of drug-likeness (QED) is 0.619. The predicted molar refractivity (Wildman–Crippen MR) is 76.6 cm³/mol. The molecule has 0 fully saturated rings. The lowest BCUT2D eigenvalue weighted by Gasteiger charge is -2.20. The van der Waals surface area contributed by atoms with Gasteiger partial charge in [-0.1, -0.05) is 0 Å². The number of hydrogen-bond acceptors (Lipinski definition) is 5. The number of rotatable bonds is 3. The molecule has 0 aliphatic carbocycles. The highest BCUT2D eigenvalue weighted by molar-refractivity contribution is 7.91. The van der Waals surface area contributed by atoms with Crippen LogP contribution < -0.4 is 4.90 Å². The van der Waals surface area contributed by atoms with E-state index in [2.05, 4.69) is 0 Å². The summed E-state index contributed by atoms with van der Waals surface area (Å²) in [5, 5.41) is 10.5. The minimum atomic E-state index is -3.97. The Kier molecular flexibility index (Phi) is 3.75. The van der Waals surface area contributed by atoms with Crippen molar-refractivity contribution in [3.63, 3.8) is 0 Å². The van der Waals surface area contributed by atoms with Crippen LogP contribution in [-0.2, 0) is 21.1 Å². The number of hydrogen-bond donors (Lipinski definition) is 0. The summed E-state index contributed by atoms with van der Waals surface area (Å²) in [6.07, 6.45) is 0.544. The zero-order chi connectivity index (χ0) is 15.9. The van der Waals surface area contributed by atoms with E-state index >= 15 is 0 Å². The molecule has 1 amide bonds. The molecule has 1 aliphatic rings. The molecule has 2 rings (SSSR count). The van der Waals surface area contributed by atoms with Crippen molar-refractivity contribution in [2.45, 2.75) is 38.1 Å². The first-order valence-corrected chi connectivity index (χ1v) is 8.07. The van der Waals surface area contributed by atoms with Gasteiger partial charge < -0.3 is 4.90 Å². The molecule has 1 unspecified atom stereocenters. The van der Waals surface area contributed by atoms with E-state index in [0.29, 0.717) is 17.7 Å². The first kappa shape index (κ1) is 15.4. The first-order valence-electron chi connectivity index (χ1n) is 6.42. The van der Waals surface area contributed by atoms with Gasteiger partial charge in [-0.15, -0.1) is 0 Å².